The maximum atomic E-state index is 14.2. The normalized spacial score (nSPS) is 14.6. The van der Waals surface area contributed by atoms with Gasteiger partial charge in [0.2, 0.25) is 11.8 Å². The molecule has 0 aliphatic heterocycles. The lowest BCUT2D eigenvalue weighted by molar-refractivity contribution is -0.140. The highest BCUT2D eigenvalue weighted by Gasteiger charge is 2.34. The quantitative estimate of drug-likeness (QED) is 0.286. The highest BCUT2D eigenvalue weighted by molar-refractivity contribution is 7.92. The summed E-state index contributed by atoms with van der Waals surface area (Å²) in [5, 5.41) is 3.13. The van der Waals surface area contributed by atoms with Crippen LogP contribution >= 0.6 is 0 Å². The molecule has 0 bridgehead atoms. The Kier molecular flexibility index (Phi) is 10.7. The summed E-state index contributed by atoms with van der Waals surface area (Å²) in [6.45, 7) is 3.37. The topological polar surface area (TPSA) is 86.8 Å². The lowest BCUT2D eigenvalue weighted by Gasteiger charge is -2.34. The molecular formula is C33H40FN3O4S. The number of benzene rings is 3. The van der Waals surface area contributed by atoms with Gasteiger partial charge < -0.3 is 10.2 Å². The number of aryl methyl sites for hydroxylation is 1. The van der Waals surface area contributed by atoms with Crippen molar-refractivity contribution in [3.63, 3.8) is 0 Å². The summed E-state index contributed by atoms with van der Waals surface area (Å²) in [7, 11) is -4.12. The van der Waals surface area contributed by atoms with Gasteiger partial charge in [-0.15, -0.1) is 0 Å². The van der Waals surface area contributed by atoms with Gasteiger partial charge in [-0.25, -0.2) is 12.8 Å². The zero-order chi connectivity index (χ0) is 30.1. The number of anilines is 1. The maximum Gasteiger partial charge on any atom is 0.264 e. The molecule has 0 radical (unpaired) electrons. The minimum Gasteiger partial charge on any atom is -0.352 e. The Morgan fingerprint density at radius 1 is 0.881 bits per heavy atom. The summed E-state index contributed by atoms with van der Waals surface area (Å²) in [4.78, 5) is 29.2. The van der Waals surface area contributed by atoms with Crippen LogP contribution in [0.4, 0.5) is 10.1 Å². The van der Waals surface area contributed by atoms with Crippen LogP contribution in [0.25, 0.3) is 0 Å². The van der Waals surface area contributed by atoms with Crippen LogP contribution in [-0.4, -0.2) is 43.8 Å². The van der Waals surface area contributed by atoms with Gasteiger partial charge in [-0.05, 0) is 73.2 Å². The predicted molar refractivity (Wildman–Crippen MR) is 163 cm³/mol. The minimum atomic E-state index is -4.12. The summed E-state index contributed by atoms with van der Waals surface area (Å²) < 4.78 is 42.6. The van der Waals surface area contributed by atoms with Crippen molar-refractivity contribution in [2.75, 3.05) is 10.8 Å². The Morgan fingerprint density at radius 2 is 1.50 bits per heavy atom. The first-order valence-electron chi connectivity index (χ1n) is 14.7. The fourth-order valence-electron chi connectivity index (χ4n) is 5.40. The molecule has 1 aliphatic rings. The molecule has 1 fully saturated rings. The van der Waals surface area contributed by atoms with Gasteiger partial charge in [-0.1, -0.05) is 75.6 Å². The maximum absolute atomic E-state index is 14.2. The molecule has 4 rings (SSSR count). The molecular weight excluding hydrogens is 553 g/mol. The van der Waals surface area contributed by atoms with Crippen molar-refractivity contribution in [2.45, 2.75) is 82.3 Å². The van der Waals surface area contributed by atoms with Crippen molar-refractivity contribution in [1.82, 2.24) is 10.2 Å². The number of carbonyl (C=O) groups is 2. The van der Waals surface area contributed by atoms with Gasteiger partial charge in [0.25, 0.3) is 10.0 Å². The van der Waals surface area contributed by atoms with Crippen LogP contribution in [0, 0.1) is 5.82 Å². The highest BCUT2D eigenvalue weighted by Crippen LogP contribution is 2.26. The molecule has 224 valence electrons. The van der Waals surface area contributed by atoms with Gasteiger partial charge in [-0.3, -0.25) is 13.9 Å². The Balaban J connectivity index is 1.69. The SMILES string of the molecule is CCc1ccc(N(CC(=O)N(Cc2ccc(F)cc2)C(CC)C(=O)NC2CCCCC2)S(=O)(=O)c2ccccc2)cc1. The monoisotopic (exact) mass is 593 g/mol. The molecule has 1 atom stereocenters. The third-order valence-corrected chi connectivity index (χ3v) is 9.63. The van der Waals surface area contributed by atoms with Crippen LogP contribution in [0.3, 0.4) is 0 Å². The molecule has 3 aromatic rings. The average Bonchev–Trinajstić information content (AvgIpc) is 3.01. The second kappa shape index (κ2) is 14.4. The van der Waals surface area contributed by atoms with Crippen molar-refractivity contribution in [1.29, 1.82) is 0 Å². The summed E-state index contributed by atoms with van der Waals surface area (Å²) in [6, 6.07) is 20.1. The van der Waals surface area contributed by atoms with Gasteiger partial charge in [0.1, 0.15) is 18.4 Å². The molecule has 2 amide bonds. The largest absolute Gasteiger partial charge is 0.352 e. The third kappa shape index (κ3) is 7.76. The summed E-state index contributed by atoms with van der Waals surface area (Å²) in [5.74, 6) is -1.19. The van der Waals surface area contributed by atoms with Crippen LogP contribution in [0.2, 0.25) is 0 Å². The summed E-state index contributed by atoms with van der Waals surface area (Å²) in [6.07, 6.45) is 6.14. The van der Waals surface area contributed by atoms with E-state index >= 15 is 0 Å². The lowest BCUT2D eigenvalue weighted by atomic mass is 9.95. The van der Waals surface area contributed by atoms with Gasteiger partial charge in [-0.2, -0.15) is 0 Å². The van der Waals surface area contributed by atoms with E-state index in [0.717, 1.165) is 48.4 Å². The molecule has 0 saturated heterocycles. The van der Waals surface area contributed by atoms with E-state index in [1.54, 1.807) is 42.5 Å². The van der Waals surface area contributed by atoms with Gasteiger partial charge in [0.05, 0.1) is 10.6 Å². The van der Waals surface area contributed by atoms with Crippen molar-refractivity contribution in [3.05, 3.63) is 95.8 Å². The van der Waals surface area contributed by atoms with Gasteiger partial charge in [0, 0.05) is 12.6 Å². The molecule has 42 heavy (non-hydrogen) atoms. The highest BCUT2D eigenvalue weighted by atomic mass is 32.2. The van der Waals surface area contributed by atoms with Crippen LogP contribution in [0.15, 0.2) is 83.8 Å². The first-order valence-corrected chi connectivity index (χ1v) is 16.2. The number of amides is 2. The van der Waals surface area contributed by atoms with E-state index in [0.29, 0.717) is 17.7 Å². The molecule has 1 aliphatic carbocycles. The predicted octanol–water partition coefficient (Wildman–Crippen LogP) is 5.84. The fraction of sp³-hybridized carbons (Fsp3) is 0.394. The third-order valence-electron chi connectivity index (χ3n) is 7.85. The van der Waals surface area contributed by atoms with Crippen molar-refractivity contribution >= 4 is 27.5 Å². The van der Waals surface area contributed by atoms with E-state index in [1.165, 1.54) is 29.2 Å². The van der Waals surface area contributed by atoms with E-state index in [2.05, 4.69) is 5.32 Å². The number of halogens is 1. The molecule has 1 N–H and O–H groups in total. The lowest BCUT2D eigenvalue weighted by Crippen LogP contribution is -2.54. The number of rotatable bonds is 12. The number of nitrogens with one attached hydrogen (secondary N) is 1. The van der Waals surface area contributed by atoms with Gasteiger partial charge >= 0.3 is 0 Å². The molecule has 1 saturated carbocycles. The Labute approximate surface area is 248 Å². The zero-order valence-corrected chi connectivity index (χ0v) is 25.2. The van der Waals surface area contributed by atoms with E-state index in [4.69, 9.17) is 0 Å². The van der Waals surface area contributed by atoms with Crippen LogP contribution in [-0.2, 0) is 32.6 Å². The average molecular weight is 594 g/mol. The van der Waals surface area contributed by atoms with Crippen molar-refractivity contribution in [2.24, 2.45) is 0 Å². The fourth-order valence-corrected chi connectivity index (χ4v) is 6.83. The van der Waals surface area contributed by atoms with Gasteiger partial charge in [0.15, 0.2) is 0 Å². The van der Waals surface area contributed by atoms with Crippen LogP contribution in [0.5, 0.6) is 0 Å². The number of hydrogen-bond donors (Lipinski definition) is 1. The summed E-state index contributed by atoms with van der Waals surface area (Å²) >= 11 is 0. The van der Waals surface area contributed by atoms with E-state index in [1.807, 2.05) is 26.0 Å². The Hall–Kier alpha value is -3.72. The Bertz CT molecular complexity index is 1420. The first kappa shape index (κ1) is 31.2. The van der Waals surface area contributed by atoms with Crippen LogP contribution in [0.1, 0.15) is 63.5 Å². The number of sulfonamides is 1. The van der Waals surface area contributed by atoms with E-state index in [-0.39, 0.29) is 23.4 Å². The number of carbonyl (C=O) groups excluding carboxylic acids is 2. The Morgan fingerprint density at radius 3 is 2.10 bits per heavy atom. The molecule has 0 spiro atoms. The number of nitrogens with zero attached hydrogens (tertiary/aromatic N) is 2. The molecule has 0 heterocycles. The molecule has 1 unspecified atom stereocenters. The minimum absolute atomic E-state index is 0.0315. The first-order chi connectivity index (χ1) is 20.2. The van der Waals surface area contributed by atoms with Crippen LogP contribution < -0.4 is 9.62 Å². The zero-order valence-electron chi connectivity index (χ0n) is 24.3. The molecule has 9 heteroatoms. The molecule has 7 nitrogen and oxygen atoms in total. The van der Waals surface area contributed by atoms with E-state index < -0.39 is 34.3 Å². The van der Waals surface area contributed by atoms with E-state index in [9.17, 15) is 22.4 Å². The van der Waals surface area contributed by atoms with Crippen molar-refractivity contribution in [3.8, 4) is 0 Å². The standard InChI is InChI=1S/C33H40FN3O4S/c1-3-25-17-21-29(22-18-25)37(42(40,41)30-13-9-6-10-14-30)24-32(38)36(23-26-15-19-27(34)20-16-26)31(4-2)33(39)35-28-11-7-5-8-12-28/h6,9-10,13-22,28,31H,3-5,7-8,11-12,23-24H2,1-2H3,(H,35,39). The number of hydrogen-bond acceptors (Lipinski definition) is 4. The smallest absolute Gasteiger partial charge is 0.264 e. The molecule has 3 aromatic carbocycles. The summed E-state index contributed by atoms with van der Waals surface area (Å²) in [5.41, 5.74) is 2.02. The second-order valence-corrected chi connectivity index (χ2v) is 12.6. The molecule has 0 aromatic heterocycles. The second-order valence-electron chi connectivity index (χ2n) is 10.8. The van der Waals surface area contributed by atoms with Crippen molar-refractivity contribution < 1.29 is 22.4 Å².